The largest absolute Gasteiger partial charge is 0.375 e. The first kappa shape index (κ1) is 24.3. The van der Waals surface area contributed by atoms with E-state index in [0.717, 1.165) is 31.6 Å². The number of rotatable bonds is 16. The molecule has 0 aromatic heterocycles. The number of nitrogens with zero attached hydrogens (tertiary/aromatic N) is 1. The Hall–Kier alpha value is -1.74. The van der Waals surface area contributed by atoms with Gasteiger partial charge in [-0.1, -0.05) is 63.5 Å². The number of nitrogens with one attached hydrogen (secondary N) is 2. The lowest BCUT2D eigenvalue weighted by Crippen LogP contribution is -2.45. The van der Waals surface area contributed by atoms with E-state index in [-0.39, 0.29) is 6.17 Å². The Morgan fingerprint density at radius 1 is 1.12 bits per heavy atom. The summed E-state index contributed by atoms with van der Waals surface area (Å²) in [5.41, 5.74) is 1.25. The molecule has 0 aliphatic rings. The molecule has 0 heterocycles. The lowest BCUT2D eigenvalue weighted by atomic mass is 10.1. The minimum Gasteiger partial charge on any atom is -0.375 e. The van der Waals surface area contributed by atoms with Gasteiger partial charge >= 0.3 is 0 Å². The molecule has 0 bridgehead atoms. The van der Waals surface area contributed by atoms with Gasteiger partial charge < -0.3 is 10.2 Å². The van der Waals surface area contributed by atoms with E-state index in [1.807, 2.05) is 19.2 Å². The van der Waals surface area contributed by atoms with Crippen LogP contribution >= 0.6 is 0 Å². The van der Waals surface area contributed by atoms with Crippen molar-refractivity contribution < 1.29 is 0 Å². The van der Waals surface area contributed by atoms with Gasteiger partial charge in [-0.05, 0) is 43.9 Å². The van der Waals surface area contributed by atoms with Crippen LogP contribution in [0.1, 0.15) is 58.8 Å². The van der Waals surface area contributed by atoms with Crippen molar-refractivity contribution in [1.29, 1.82) is 0 Å². The van der Waals surface area contributed by atoms with Gasteiger partial charge in [0.1, 0.15) is 5.82 Å². The third-order valence-electron chi connectivity index (χ3n) is 4.28. The SMILES string of the molecule is C=CCC(/C=C(/NC)N(C)C(CC=C)NCCCC)=C\C=C/CCCC. The van der Waals surface area contributed by atoms with Crippen molar-refractivity contribution in [1.82, 2.24) is 15.5 Å². The van der Waals surface area contributed by atoms with Crippen molar-refractivity contribution in [2.45, 2.75) is 65.0 Å². The Morgan fingerprint density at radius 2 is 1.85 bits per heavy atom. The lowest BCUT2D eigenvalue weighted by molar-refractivity contribution is 0.243. The molecule has 3 heteroatoms. The van der Waals surface area contributed by atoms with Crippen LogP contribution in [-0.2, 0) is 0 Å². The van der Waals surface area contributed by atoms with Gasteiger partial charge in [-0.2, -0.15) is 0 Å². The summed E-state index contributed by atoms with van der Waals surface area (Å²) in [6.07, 6.45) is 20.7. The molecule has 0 aromatic carbocycles. The monoisotopic (exact) mass is 359 g/mol. The molecule has 1 atom stereocenters. The third kappa shape index (κ3) is 11.0. The molecule has 0 amide bonds. The molecule has 3 nitrogen and oxygen atoms in total. The molecule has 0 aromatic rings. The van der Waals surface area contributed by atoms with E-state index in [1.165, 1.54) is 31.3 Å². The molecule has 2 N–H and O–H groups in total. The predicted molar refractivity (Wildman–Crippen MR) is 118 cm³/mol. The van der Waals surface area contributed by atoms with E-state index in [2.05, 4.69) is 73.9 Å². The standard InChI is InChI=1S/C23H41N3/c1-7-11-13-14-15-18-21(16-9-3)20-23(24-5)26(6)22(17-10-4)25-19-12-8-2/h9-10,14-15,18,20,22,24-25H,3-4,7-8,11-13,16-17,19H2,1-2,5-6H3/b15-14-,21-18+,23-20-. The summed E-state index contributed by atoms with van der Waals surface area (Å²) in [7, 11) is 4.10. The summed E-state index contributed by atoms with van der Waals surface area (Å²) in [5, 5.41) is 6.97. The summed E-state index contributed by atoms with van der Waals surface area (Å²) in [6, 6.07) is 0. The maximum Gasteiger partial charge on any atom is 0.102 e. The first-order valence-corrected chi connectivity index (χ1v) is 10.1. The summed E-state index contributed by atoms with van der Waals surface area (Å²) < 4.78 is 0. The molecule has 0 rings (SSSR count). The van der Waals surface area contributed by atoms with E-state index in [4.69, 9.17) is 0 Å². The maximum absolute atomic E-state index is 3.91. The van der Waals surface area contributed by atoms with Gasteiger partial charge in [0.25, 0.3) is 0 Å². The average Bonchev–Trinajstić information content (AvgIpc) is 2.64. The fourth-order valence-corrected chi connectivity index (χ4v) is 2.63. The van der Waals surface area contributed by atoms with Crippen LogP contribution in [0.25, 0.3) is 0 Å². The van der Waals surface area contributed by atoms with Crippen LogP contribution < -0.4 is 10.6 Å². The van der Waals surface area contributed by atoms with Crippen LogP contribution in [0.4, 0.5) is 0 Å². The Labute approximate surface area is 162 Å². The van der Waals surface area contributed by atoms with Crippen molar-refractivity contribution in [3.05, 3.63) is 61.0 Å². The number of unbranched alkanes of at least 4 members (excludes halogenated alkanes) is 3. The second kappa shape index (κ2) is 16.7. The first-order valence-electron chi connectivity index (χ1n) is 10.1. The van der Waals surface area contributed by atoms with Crippen molar-refractivity contribution in [2.24, 2.45) is 0 Å². The van der Waals surface area contributed by atoms with Gasteiger partial charge in [0.15, 0.2) is 0 Å². The van der Waals surface area contributed by atoms with Crippen molar-refractivity contribution in [3.8, 4) is 0 Å². The Morgan fingerprint density at radius 3 is 2.42 bits per heavy atom. The molecule has 0 saturated heterocycles. The quantitative estimate of drug-likeness (QED) is 0.164. The molecular formula is C23H41N3. The van der Waals surface area contributed by atoms with Gasteiger partial charge in [0.05, 0.1) is 6.17 Å². The van der Waals surface area contributed by atoms with Gasteiger partial charge in [-0.3, -0.25) is 5.32 Å². The third-order valence-corrected chi connectivity index (χ3v) is 4.28. The molecule has 0 spiro atoms. The molecule has 148 valence electrons. The van der Waals surface area contributed by atoms with Crippen LogP contribution in [0.15, 0.2) is 61.0 Å². The summed E-state index contributed by atoms with van der Waals surface area (Å²) in [6.45, 7) is 13.3. The zero-order chi connectivity index (χ0) is 19.6. The highest BCUT2D eigenvalue weighted by molar-refractivity contribution is 5.28. The molecule has 0 aliphatic carbocycles. The van der Waals surface area contributed by atoms with Crippen LogP contribution in [0, 0.1) is 0 Å². The van der Waals surface area contributed by atoms with Crippen molar-refractivity contribution >= 4 is 0 Å². The van der Waals surface area contributed by atoms with E-state index in [1.54, 1.807) is 0 Å². The predicted octanol–water partition coefficient (Wildman–Crippen LogP) is 5.52. The second-order valence-electron chi connectivity index (χ2n) is 6.54. The zero-order valence-corrected chi connectivity index (χ0v) is 17.6. The summed E-state index contributed by atoms with van der Waals surface area (Å²) in [5.74, 6) is 1.09. The molecule has 0 radical (unpaired) electrons. The number of hydrogen-bond donors (Lipinski definition) is 2. The molecule has 1 unspecified atom stereocenters. The van der Waals surface area contributed by atoms with Crippen LogP contribution in [0.2, 0.25) is 0 Å². The highest BCUT2D eigenvalue weighted by Crippen LogP contribution is 2.13. The van der Waals surface area contributed by atoms with Gasteiger partial charge in [0, 0.05) is 14.1 Å². The normalized spacial score (nSPS) is 13.7. The Kier molecular flexibility index (Phi) is 15.6. The molecule has 0 fully saturated rings. The van der Waals surface area contributed by atoms with Crippen molar-refractivity contribution in [3.63, 3.8) is 0 Å². The van der Waals surface area contributed by atoms with Gasteiger partial charge in [0.2, 0.25) is 0 Å². The van der Waals surface area contributed by atoms with E-state index >= 15 is 0 Å². The lowest BCUT2D eigenvalue weighted by Gasteiger charge is -2.32. The second-order valence-corrected chi connectivity index (χ2v) is 6.54. The zero-order valence-electron chi connectivity index (χ0n) is 17.6. The summed E-state index contributed by atoms with van der Waals surface area (Å²) >= 11 is 0. The molecule has 26 heavy (non-hydrogen) atoms. The first-order chi connectivity index (χ1) is 12.6. The van der Waals surface area contributed by atoms with Gasteiger partial charge in [-0.15, -0.1) is 13.2 Å². The fourth-order valence-electron chi connectivity index (χ4n) is 2.63. The Balaban J connectivity index is 5.21. The molecule has 0 saturated carbocycles. The smallest absolute Gasteiger partial charge is 0.102 e. The minimum atomic E-state index is 0.239. The molecule has 0 aliphatic heterocycles. The highest BCUT2D eigenvalue weighted by Gasteiger charge is 2.14. The average molecular weight is 360 g/mol. The van der Waals surface area contributed by atoms with Crippen LogP contribution in [-0.4, -0.2) is 31.7 Å². The topological polar surface area (TPSA) is 27.3 Å². The Bertz CT molecular complexity index is 460. The van der Waals surface area contributed by atoms with Crippen molar-refractivity contribution in [2.75, 3.05) is 20.6 Å². The van der Waals surface area contributed by atoms with Crippen LogP contribution in [0.3, 0.4) is 0 Å². The molecular weight excluding hydrogens is 318 g/mol. The number of allylic oxidation sites excluding steroid dienone is 6. The highest BCUT2D eigenvalue weighted by atomic mass is 15.3. The van der Waals surface area contributed by atoms with Crippen LogP contribution in [0.5, 0.6) is 0 Å². The number of hydrogen-bond acceptors (Lipinski definition) is 3. The van der Waals surface area contributed by atoms with E-state index in [9.17, 15) is 0 Å². The fraction of sp³-hybridized carbons (Fsp3) is 0.565. The van der Waals surface area contributed by atoms with E-state index in [0.29, 0.717) is 0 Å². The minimum absolute atomic E-state index is 0.239. The maximum atomic E-state index is 3.91. The van der Waals surface area contributed by atoms with Gasteiger partial charge in [-0.25, -0.2) is 0 Å². The summed E-state index contributed by atoms with van der Waals surface area (Å²) in [4.78, 5) is 2.26. The van der Waals surface area contributed by atoms with E-state index < -0.39 is 0 Å².